The number of amides is 1. The molecule has 0 spiro atoms. The highest BCUT2D eigenvalue weighted by atomic mass is 16.4. The first-order valence-corrected chi connectivity index (χ1v) is 9.37. The molecule has 2 aromatic carbocycles. The summed E-state index contributed by atoms with van der Waals surface area (Å²) < 4.78 is 0. The Morgan fingerprint density at radius 1 is 1.00 bits per heavy atom. The first kappa shape index (κ1) is 21.2. The van der Waals surface area contributed by atoms with Crippen LogP contribution in [0.25, 0.3) is 17.2 Å². The van der Waals surface area contributed by atoms with Gasteiger partial charge in [-0.25, -0.2) is 0 Å². The molecule has 148 valence electrons. The summed E-state index contributed by atoms with van der Waals surface area (Å²) in [5.74, 6) is -1.49. The van der Waals surface area contributed by atoms with Gasteiger partial charge in [-0.15, -0.1) is 0 Å². The van der Waals surface area contributed by atoms with Gasteiger partial charge in [-0.2, -0.15) is 0 Å². The minimum Gasteiger partial charge on any atom is -0.480 e. The Kier molecular flexibility index (Phi) is 6.99. The fourth-order valence-corrected chi connectivity index (χ4v) is 2.90. The van der Waals surface area contributed by atoms with Crippen LogP contribution in [0.3, 0.4) is 0 Å². The molecule has 0 heterocycles. The molecule has 2 aromatic rings. The first-order valence-electron chi connectivity index (χ1n) is 9.37. The molecule has 0 saturated heterocycles. The van der Waals surface area contributed by atoms with Crippen LogP contribution < -0.4 is 10.6 Å². The number of rotatable bonds is 7. The standard InChI is InChI=1S/C23H28N2O3/c1-14(2)24-20-9-6-18(7-10-20)21-13-15(3)19(12-16(21)4)8-11-22(26)25-17(5)23(27)28/h6-14,17,24H,1-5H3,(H,25,26)(H,27,28)/b11-8+/t17-/m0/s1. The van der Waals surface area contributed by atoms with Gasteiger partial charge in [-0.05, 0) is 80.6 Å². The van der Waals surface area contributed by atoms with Crippen molar-refractivity contribution < 1.29 is 14.7 Å². The smallest absolute Gasteiger partial charge is 0.325 e. The van der Waals surface area contributed by atoms with Gasteiger partial charge in [0.15, 0.2) is 0 Å². The molecule has 0 fully saturated rings. The lowest BCUT2D eigenvalue weighted by Gasteiger charge is -2.13. The molecule has 2 rings (SSSR count). The Bertz CT molecular complexity index is 883. The summed E-state index contributed by atoms with van der Waals surface area (Å²) in [6.07, 6.45) is 3.08. The zero-order valence-electron chi connectivity index (χ0n) is 17.0. The summed E-state index contributed by atoms with van der Waals surface area (Å²) in [5.41, 5.74) is 6.45. The fraction of sp³-hybridized carbons (Fsp3) is 0.304. The quantitative estimate of drug-likeness (QED) is 0.623. The van der Waals surface area contributed by atoms with Gasteiger partial charge in [-0.3, -0.25) is 9.59 Å². The minimum absolute atomic E-state index is 0.386. The number of benzene rings is 2. The van der Waals surface area contributed by atoms with Crippen molar-refractivity contribution in [3.05, 3.63) is 59.2 Å². The molecule has 0 radical (unpaired) electrons. The number of hydrogen-bond donors (Lipinski definition) is 3. The van der Waals surface area contributed by atoms with E-state index in [0.29, 0.717) is 6.04 Å². The van der Waals surface area contributed by atoms with Crippen molar-refractivity contribution in [2.45, 2.75) is 46.7 Å². The molecule has 1 amide bonds. The van der Waals surface area contributed by atoms with E-state index in [1.54, 1.807) is 6.08 Å². The Morgan fingerprint density at radius 3 is 2.21 bits per heavy atom. The number of hydrogen-bond acceptors (Lipinski definition) is 3. The van der Waals surface area contributed by atoms with E-state index in [-0.39, 0.29) is 0 Å². The molecule has 0 aliphatic carbocycles. The number of nitrogens with one attached hydrogen (secondary N) is 2. The molecule has 0 bridgehead atoms. The van der Waals surface area contributed by atoms with Crippen LogP contribution in [-0.4, -0.2) is 29.1 Å². The van der Waals surface area contributed by atoms with Gasteiger partial charge in [-0.1, -0.05) is 24.3 Å². The van der Waals surface area contributed by atoms with Crippen LogP contribution in [0.5, 0.6) is 0 Å². The molecule has 28 heavy (non-hydrogen) atoms. The van der Waals surface area contributed by atoms with E-state index < -0.39 is 17.9 Å². The van der Waals surface area contributed by atoms with E-state index in [1.807, 2.05) is 19.9 Å². The van der Waals surface area contributed by atoms with Crippen LogP contribution in [0.4, 0.5) is 5.69 Å². The van der Waals surface area contributed by atoms with Gasteiger partial charge in [0.1, 0.15) is 6.04 Å². The molecule has 1 atom stereocenters. The second-order valence-corrected chi connectivity index (χ2v) is 7.30. The Labute approximate surface area is 166 Å². The van der Waals surface area contributed by atoms with Crippen molar-refractivity contribution in [2.75, 3.05) is 5.32 Å². The van der Waals surface area contributed by atoms with Gasteiger partial charge in [0, 0.05) is 17.8 Å². The summed E-state index contributed by atoms with van der Waals surface area (Å²) in [7, 11) is 0. The lowest BCUT2D eigenvalue weighted by molar-refractivity contribution is -0.140. The Hall–Kier alpha value is -3.08. The largest absolute Gasteiger partial charge is 0.480 e. The van der Waals surface area contributed by atoms with Crippen LogP contribution in [0.2, 0.25) is 0 Å². The molecule has 0 aliphatic rings. The number of carbonyl (C=O) groups excluding carboxylic acids is 1. The molecular weight excluding hydrogens is 352 g/mol. The fourth-order valence-electron chi connectivity index (χ4n) is 2.90. The van der Waals surface area contributed by atoms with Crippen molar-refractivity contribution in [3.63, 3.8) is 0 Å². The van der Waals surface area contributed by atoms with Crippen LogP contribution in [0, 0.1) is 13.8 Å². The highest BCUT2D eigenvalue weighted by molar-refractivity contribution is 5.94. The second-order valence-electron chi connectivity index (χ2n) is 7.30. The molecule has 0 unspecified atom stereocenters. The first-order chi connectivity index (χ1) is 13.2. The highest BCUT2D eigenvalue weighted by Gasteiger charge is 2.12. The molecule has 3 N–H and O–H groups in total. The summed E-state index contributed by atoms with van der Waals surface area (Å²) in [6, 6.07) is 12.0. The average molecular weight is 380 g/mol. The number of aryl methyl sites for hydroxylation is 2. The normalized spacial score (nSPS) is 12.2. The van der Waals surface area contributed by atoms with Gasteiger partial charge < -0.3 is 15.7 Å². The van der Waals surface area contributed by atoms with Crippen LogP contribution >= 0.6 is 0 Å². The number of carboxylic acid groups (broad SMARTS) is 1. The maximum atomic E-state index is 11.9. The molecule has 0 aliphatic heterocycles. The van der Waals surface area contributed by atoms with E-state index >= 15 is 0 Å². The van der Waals surface area contributed by atoms with E-state index in [1.165, 1.54) is 13.0 Å². The summed E-state index contributed by atoms with van der Waals surface area (Å²) in [6.45, 7) is 9.68. The predicted molar refractivity (Wildman–Crippen MR) is 114 cm³/mol. The minimum atomic E-state index is -1.06. The summed E-state index contributed by atoms with van der Waals surface area (Å²) in [4.78, 5) is 22.7. The number of carbonyl (C=O) groups is 2. The molecule has 0 saturated carbocycles. The third kappa shape index (κ3) is 5.71. The zero-order valence-corrected chi connectivity index (χ0v) is 17.0. The molecular formula is C23H28N2O3. The van der Waals surface area contributed by atoms with Crippen molar-refractivity contribution in [1.29, 1.82) is 0 Å². The molecule has 5 heteroatoms. The zero-order chi connectivity index (χ0) is 20.8. The van der Waals surface area contributed by atoms with Gasteiger partial charge >= 0.3 is 5.97 Å². The third-order valence-corrected chi connectivity index (χ3v) is 4.41. The molecule has 0 aromatic heterocycles. The van der Waals surface area contributed by atoms with E-state index in [4.69, 9.17) is 5.11 Å². The summed E-state index contributed by atoms with van der Waals surface area (Å²) >= 11 is 0. The number of aliphatic carboxylic acids is 1. The third-order valence-electron chi connectivity index (χ3n) is 4.41. The lowest BCUT2D eigenvalue weighted by Crippen LogP contribution is -2.37. The van der Waals surface area contributed by atoms with Gasteiger partial charge in [0.25, 0.3) is 0 Å². The average Bonchev–Trinajstić information content (AvgIpc) is 2.62. The van der Waals surface area contributed by atoms with Crippen molar-refractivity contribution >= 4 is 23.6 Å². The predicted octanol–water partition coefficient (Wildman–Crippen LogP) is 4.39. The van der Waals surface area contributed by atoms with Gasteiger partial charge in [0.05, 0.1) is 0 Å². The van der Waals surface area contributed by atoms with Crippen molar-refractivity contribution in [1.82, 2.24) is 5.32 Å². The summed E-state index contributed by atoms with van der Waals surface area (Å²) in [5, 5.41) is 14.6. The maximum absolute atomic E-state index is 11.9. The van der Waals surface area contributed by atoms with Crippen LogP contribution in [-0.2, 0) is 9.59 Å². The molecule has 5 nitrogen and oxygen atoms in total. The SMILES string of the molecule is Cc1cc(-c2ccc(NC(C)C)cc2)c(C)cc1/C=C/C(=O)N[C@@H](C)C(=O)O. The second kappa shape index (κ2) is 9.22. The Morgan fingerprint density at radius 2 is 1.64 bits per heavy atom. The van der Waals surface area contributed by atoms with E-state index in [2.05, 4.69) is 54.8 Å². The van der Waals surface area contributed by atoms with Crippen molar-refractivity contribution in [2.24, 2.45) is 0 Å². The lowest BCUT2D eigenvalue weighted by atomic mass is 9.94. The van der Waals surface area contributed by atoms with Crippen LogP contribution in [0.15, 0.2) is 42.5 Å². The van der Waals surface area contributed by atoms with E-state index in [9.17, 15) is 9.59 Å². The maximum Gasteiger partial charge on any atom is 0.325 e. The van der Waals surface area contributed by atoms with Crippen molar-refractivity contribution in [3.8, 4) is 11.1 Å². The van der Waals surface area contributed by atoms with Gasteiger partial charge in [0.2, 0.25) is 5.91 Å². The van der Waals surface area contributed by atoms with Crippen LogP contribution in [0.1, 0.15) is 37.5 Å². The Balaban J connectivity index is 2.19. The number of anilines is 1. The number of carboxylic acids is 1. The highest BCUT2D eigenvalue weighted by Crippen LogP contribution is 2.28. The monoisotopic (exact) mass is 380 g/mol. The van der Waals surface area contributed by atoms with E-state index in [0.717, 1.165) is 33.5 Å². The topological polar surface area (TPSA) is 78.4 Å².